The molecule has 1 aliphatic rings. The van der Waals surface area contributed by atoms with Gasteiger partial charge < -0.3 is 29.3 Å². The monoisotopic (exact) mass is 589 g/mol. The molecule has 228 valence electrons. The second-order valence-corrected chi connectivity index (χ2v) is 10.2. The number of nitrogens with one attached hydrogen (secondary N) is 1. The molecule has 0 radical (unpaired) electrons. The summed E-state index contributed by atoms with van der Waals surface area (Å²) in [6.07, 6.45) is 4.46. The highest BCUT2D eigenvalue weighted by Crippen LogP contribution is 2.25. The van der Waals surface area contributed by atoms with E-state index in [1.54, 1.807) is 54.6 Å². The Morgan fingerprint density at radius 2 is 1.74 bits per heavy atom. The number of anilines is 1. The standard InChI is InChI=1S/C32H39N5O6/c1-6-42-32(40)36-17-15-35(16-18-36)31(39)24(4)37-20-27(23(3)34-37)33-30(38)14-12-25-11-13-29(41-5)26(19-25)21-43-28-10-8-7-9-22(28)2/h7-14,19-20,24H,6,15-18,21H2,1-5H3,(H,33,38)/b14-12+. The number of methoxy groups -OCH3 is 1. The largest absolute Gasteiger partial charge is 0.496 e. The van der Waals surface area contributed by atoms with Crippen molar-refractivity contribution in [3.05, 3.63) is 77.1 Å². The molecular weight excluding hydrogens is 550 g/mol. The third-order valence-corrected chi connectivity index (χ3v) is 7.25. The SMILES string of the molecule is CCOC(=O)N1CCN(C(=O)C(C)n2cc(NC(=O)/C=C/c3ccc(OC)c(COc4ccccc4C)c3)c(C)n2)CC1. The minimum absolute atomic E-state index is 0.106. The highest BCUT2D eigenvalue weighted by Gasteiger charge is 2.29. The number of hydrogen-bond donors (Lipinski definition) is 1. The van der Waals surface area contributed by atoms with Gasteiger partial charge in [0.05, 0.1) is 25.1 Å². The van der Waals surface area contributed by atoms with Gasteiger partial charge >= 0.3 is 6.09 Å². The van der Waals surface area contributed by atoms with E-state index in [0.29, 0.717) is 56.5 Å². The number of piperazine rings is 1. The van der Waals surface area contributed by atoms with Gasteiger partial charge in [0.15, 0.2) is 0 Å². The van der Waals surface area contributed by atoms with Gasteiger partial charge in [-0.05, 0) is 63.1 Å². The first-order valence-corrected chi connectivity index (χ1v) is 14.3. The first-order valence-electron chi connectivity index (χ1n) is 14.3. The number of para-hydroxylation sites is 1. The molecule has 1 atom stereocenters. The second kappa shape index (κ2) is 14.4. The Hall–Kier alpha value is -4.80. The summed E-state index contributed by atoms with van der Waals surface area (Å²) in [6.45, 7) is 9.59. The van der Waals surface area contributed by atoms with E-state index < -0.39 is 6.04 Å². The van der Waals surface area contributed by atoms with E-state index in [0.717, 1.165) is 22.4 Å². The number of aryl methyl sites for hydroxylation is 2. The van der Waals surface area contributed by atoms with Crippen LogP contribution in [0.5, 0.6) is 11.5 Å². The lowest BCUT2D eigenvalue weighted by Gasteiger charge is -2.35. The zero-order valence-electron chi connectivity index (χ0n) is 25.3. The van der Waals surface area contributed by atoms with E-state index in [2.05, 4.69) is 10.4 Å². The molecule has 1 N–H and O–H groups in total. The molecule has 4 rings (SSSR count). The van der Waals surface area contributed by atoms with Gasteiger partial charge in [-0.2, -0.15) is 5.10 Å². The topological polar surface area (TPSA) is 115 Å². The Bertz CT molecular complexity index is 1470. The smallest absolute Gasteiger partial charge is 0.409 e. The lowest BCUT2D eigenvalue weighted by Crippen LogP contribution is -2.52. The summed E-state index contributed by atoms with van der Waals surface area (Å²) in [5, 5.41) is 7.32. The zero-order chi connectivity index (χ0) is 30.9. The van der Waals surface area contributed by atoms with Crippen LogP contribution in [0.1, 0.15) is 42.3 Å². The van der Waals surface area contributed by atoms with Gasteiger partial charge in [0.2, 0.25) is 11.8 Å². The van der Waals surface area contributed by atoms with Gasteiger partial charge in [0.25, 0.3) is 0 Å². The third-order valence-electron chi connectivity index (χ3n) is 7.25. The summed E-state index contributed by atoms with van der Waals surface area (Å²) >= 11 is 0. The maximum atomic E-state index is 13.1. The van der Waals surface area contributed by atoms with Crippen LogP contribution >= 0.6 is 0 Å². The molecule has 2 aromatic carbocycles. The van der Waals surface area contributed by atoms with Gasteiger partial charge in [-0.1, -0.05) is 24.3 Å². The Morgan fingerprint density at radius 3 is 2.44 bits per heavy atom. The van der Waals surface area contributed by atoms with Crippen molar-refractivity contribution in [2.24, 2.45) is 0 Å². The van der Waals surface area contributed by atoms with Crippen LogP contribution in [0.3, 0.4) is 0 Å². The number of carbonyl (C=O) groups is 3. The molecule has 1 saturated heterocycles. The van der Waals surface area contributed by atoms with Crippen molar-refractivity contribution < 1.29 is 28.6 Å². The molecule has 3 amide bonds. The summed E-state index contributed by atoms with van der Waals surface area (Å²) in [7, 11) is 1.61. The van der Waals surface area contributed by atoms with Crippen LogP contribution in [0.15, 0.2) is 54.7 Å². The zero-order valence-corrected chi connectivity index (χ0v) is 25.3. The van der Waals surface area contributed by atoms with Crippen LogP contribution in [0.4, 0.5) is 10.5 Å². The Balaban J connectivity index is 1.35. The van der Waals surface area contributed by atoms with Crippen molar-refractivity contribution in [1.29, 1.82) is 0 Å². The molecule has 1 aromatic heterocycles. The molecule has 0 bridgehead atoms. The maximum Gasteiger partial charge on any atom is 0.409 e. The molecule has 1 fully saturated rings. The predicted octanol–water partition coefficient (Wildman–Crippen LogP) is 4.60. The van der Waals surface area contributed by atoms with E-state index in [1.165, 1.54) is 6.08 Å². The van der Waals surface area contributed by atoms with Gasteiger partial charge in [-0.25, -0.2) is 4.79 Å². The van der Waals surface area contributed by atoms with Gasteiger partial charge in [0, 0.05) is 44.0 Å². The highest BCUT2D eigenvalue weighted by atomic mass is 16.6. The number of ether oxygens (including phenoxy) is 3. The number of carbonyl (C=O) groups excluding carboxylic acids is 3. The van der Waals surface area contributed by atoms with Gasteiger partial charge in [-0.3, -0.25) is 14.3 Å². The third kappa shape index (κ3) is 7.94. The summed E-state index contributed by atoms with van der Waals surface area (Å²) in [6, 6.07) is 12.9. The predicted molar refractivity (Wildman–Crippen MR) is 163 cm³/mol. The van der Waals surface area contributed by atoms with E-state index in [9.17, 15) is 14.4 Å². The lowest BCUT2D eigenvalue weighted by atomic mass is 10.1. The van der Waals surface area contributed by atoms with Crippen molar-refractivity contribution in [2.75, 3.05) is 45.2 Å². The fraction of sp³-hybridized carbons (Fsp3) is 0.375. The van der Waals surface area contributed by atoms with Crippen LogP contribution in [-0.4, -0.2) is 77.4 Å². The van der Waals surface area contributed by atoms with Crippen molar-refractivity contribution >= 4 is 29.7 Å². The van der Waals surface area contributed by atoms with Gasteiger partial charge in [-0.15, -0.1) is 0 Å². The minimum atomic E-state index is -0.575. The number of amides is 3. The van der Waals surface area contributed by atoms with Crippen LogP contribution in [0, 0.1) is 13.8 Å². The summed E-state index contributed by atoms with van der Waals surface area (Å²) in [5.41, 5.74) is 3.82. The Kier molecular flexibility index (Phi) is 10.4. The summed E-state index contributed by atoms with van der Waals surface area (Å²) < 4.78 is 18.1. The number of hydrogen-bond acceptors (Lipinski definition) is 7. The molecule has 3 aromatic rings. The van der Waals surface area contributed by atoms with Crippen LogP contribution in [0.25, 0.3) is 6.08 Å². The molecule has 11 heteroatoms. The normalized spacial score (nSPS) is 14.0. The fourth-order valence-electron chi connectivity index (χ4n) is 4.74. The lowest BCUT2D eigenvalue weighted by molar-refractivity contribution is -0.136. The molecule has 0 spiro atoms. The number of rotatable bonds is 10. The number of benzene rings is 2. The van der Waals surface area contributed by atoms with Crippen LogP contribution in [-0.2, 0) is 20.9 Å². The van der Waals surface area contributed by atoms with Gasteiger partial charge in [0.1, 0.15) is 24.1 Å². The average molecular weight is 590 g/mol. The average Bonchev–Trinajstić information content (AvgIpc) is 3.38. The molecule has 43 heavy (non-hydrogen) atoms. The summed E-state index contributed by atoms with van der Waals surface area (Å²) in [5.74, 6) is 1.06. The maximum absolute atomic E-state index is 13.1. The van der Waals surface area contributed by atoms with Crippen molar-refractivity contribution in [1.82, 2.24) is 19.6 Å². The van der Waals surface area contributed by atoms with Crippen molar-refractivity contribution in [3.8, 4) is 11.5 Å². The number of aromatic nitrogens is 2. The molecule has 2 heterocycles. The molecule has 1 aliphatic heterocycles. The van der Waals surface area contributed by atoms with E-state index >= 15 is 0 Å². The number of nitrogens with zero attached hydrogens (tertiary/aromatic N) is 4. The Labute approximate surface area is 252 Å². The van der Waals surface area contributed by atoms with E-state index in [4.69, 9.17) is 14.2 Å². The molecule has 1 unspecified atom stereocenters. The molecule has 0 aliphatic carbocycles. The Morgan fingerprint density at radius 1 is 1.02 bits per heavy atom. The second-order valence-electron chi connectivity index (χ2n) is 10.2. The first kappa shape index (κ1) is 31.1. The van der Waals surface area contributed by atoms with Crippen molar-refractivity contribution in [2.45, 2.75) is 40.3 Å². The fourth-order valence-corrected chi connectivity index (χ4v) is 4.74. The van der Waals surface area contributed by atoms with Crippen LogP contribution < -0.4 is 14.8 Å². The summed E-state index contributed by atoms with van der Waals surface area (Å²) in [4.78, 5) is 41.2. The van der Waals surface area contributed by atoms with Crippen LogP contribution in [0.2, 0.25) is 0 Å². The minimum Gasteiger partial charge on any atom is -0.496 e. The first-order chi connectivity index (χ1) is 20.7. The highest BCUT2D eigenvalue weighted by molar-refractivity contribution is 6.02. The van der Waals surface area contributed by atoms with E-state index in [1.807, 2.05) is 49.4 Å². The molecular formula is C32H39N5O6. The quantitative estimate of drug-likeness (QED) is 0.344. The molecule has 11 nitrogen and oxygen atoms in total. The molecule has 0 saturated carbocycles. The van der Waals surface area contributed by atoms with E-state index in [-0.39, 0.29) is 17.9 Å². The van der Waals surface area contributed by atoms with Crippen molar-refractivity contribution in [3.63, 3.8) is 0 Å².